The van der Waals surface area contributed by atoms with Gasteiger partial charge in [-0.1, -0.05) is 30.3 Å². The highest BCUT2D eigenvalue weighted by Crippen LogP contribution is 2.20. The van der Waals surface area contributed by atoms with Crippen molar-refractivity contribution in [3.8, 4) is 11.4 Å². The van der Waals surface area contributed by atoms with E-state index in [1.165, 1.54) is 0 Å². The number of nitrogens with one attached hydrogen (secondary N) is 2. The molecule has 1 atom stereocenters. The molecule has 1 heterocycles. The van der Waals surface area contributed by atoms with Crippen LogP contribution < -0.4 is 16.6 Å². The van der Waals surface area contributed by atoms with E-state index in [1.54, 1.807) is 11.8 Å². The number of thioether (sulfide) groups is 1. The zero-order valence-electron chi connectivity index (χ0n) is 11.6. The molecule has 2 aromatic rings. The molecule has 1 unspecified atom stereocenters. The van der Waals surface area contributed by atoms with Gasteiger partial charge in [-0.25, -0.2) is 15.8 Å². The van der Waals surface area contributed by atoms with E-state index in [2.05, 4.69) is 33.9 Å². The number of nitrogen functional groups attached to an aromatic ring is 1. The van der Waals surface area contributed by atoms with Crippen LogP contribution in [0.2, 0.25) is 0 Å². The van der Waals surface area contributed by atoms with Gasteiger partial charge in [0.2, 0.25) is 0 Å². The van der Waals surface area contributed by atoms with Crippen LogP contribution in [0.25, 0.3) is 11.4 Å². The van der Waals surface area contributed by atoms with Gasteiger partial charge in [0.25, 0.3) is 0 Å². The molecule has 1 aromatic heterocycles. The Bertz CT molecular complexity index is 547. The summed E-state index contributed by atoms with van der Waals surface area (Å²) in [6.45, 7) is 2.12. The number of hydrazine groups is 1. The normalized spacial score (nSPS) is 11.9. The number of hydrogen-bond donors (Lipinski definition) is 3. The van der Waals surface area contributed by atoms with Crippen LogP contribution in [0.1, 0.15) is 6.92 Å². The van der Waals surface area contributed by atoms with Gasteiger partial charge in [0.05, 0.1) is 0 Å². The lowest BCUT2D eigenvalue weighted by Gasteiger charge is -2.14. The minimum Gasteiger partial charge on any atom is -0.367 e. The molecule has 0 saturated heterocycles. The van der Waals surface area contributed by atoms with Crippen LogP contribution in [-0.4, -0.2) is 28.0 Å². The second-order valence-corrected chi connectivity index (χ2v) is 5.38. The molecule has 5 nitrogen and oxygen atoms in total. The van der Waals surface area contributed by atoms with Crippen molar-refractivity contribution >= 4 is 23.4 Å². The molecule has 4 N–H and O–H groups in total. The Balaban J connectivity index is 2.29. The maximum atomic E-state index is 5.48. The highest BCUT2D eigenvalue weighted by molar-refractivity contribution is 7.98. The zero-order valence-corrected chi connectivity index (χ0v) is 12.4. The van der Waals surface area contributed by atoms with Gasteiger partial charge in [0.15, 0.2) is 5.82 Å². The molecule has 0 aliphatic rings. The lowest BCUT2D eigenvalue weighted by atomic mass is 10.2. The predicted molar refractivity (Wildman–Crippen MR) is 86.7 cm³/mol. The van der Waals surface area contributed by atoms with Gasteiger partial charge in [-0.15, -0.1) is 0 Å². The van der Waals surface area contributed by atoms with Crippen LogP contribution in [0, 0.1) is 0 Å². The molecule has 6 heteroatoms. The first-order valence-corrected chi connectivity index (χ1v) is 7.79. The third kappa shape index (κ3) is 3.85. The van der Waals surface area contributed by atoms with E-state index in [-0.39, 0.29) is 0 Å². The summed E-state index contributed by atoms with van der Waals surface area (Å²) in [6.07, 6.45) is 2.08. The zero-order chi connectivity index (χ0) is 14.4. The number of hydrogen-bond acceptors (Lipinski definition) is 6. The number of nitrogens with two attached hydrogens (primary N) is 1. The molecule has 0 amide bonds. The first-order chi connectivity index (χ1) is 9.72. The average Bonchev–Trinajstić information content (AvgIpc) is 2.48. The number of anilines is 2. The van der Waals surface area contributed by atoms with E-state index < -0.39 is 0 Å². The van der Waals surface area contributed by atoms with Crippen molar-refractivity contribution in [1.29, 1.82) is 0 Å². The Morgan fingerprint density at radius 2 is 1.90 bits per heavy atom. The van der Waals surface area contributed by atoms with Gasteiger partial charge >= 0.3 is 0 Å². The van der Waals surface area contributed by atoms with Crippen LogP contribution in [0.3, 0.4) is 0 Å². The Hall–Kier alpha value is -1.79. The molecule has 0 spiro atoms. The average molecular weight is 289 g/mol. The molecule has 20 heavy (non-hydrogen) atoms. The summed E-state index contributed by atoms with van der Waals surface area (Å²) in [4.78, 5) is 8.93. The van der Waals surface area contributed by atoms with Crippen molar-refractivity contribution in [3.63, 3.8) is 0 Å². The van der Waals surface area contributed by atoms with Crippen molar-refractivity contribution in [3.05, 3.63) is 36.4 Å². The van der Waals surface area contributed by atoms with E-state index >= 15 is 0 Å². The predicted octanol–water partition coefficient (Wildman–Crippen LogP) is 2.59. The summed E-state index contributed by atoms with van der Waals surface area (Å²) in [7, 11) is 0. The lowest BCUT2D eigenvalue weighted by molar-refractivity contribution is 0.901. The monoisotopic (exact) mass is 289 g/mol. The second-order valence-electron chi connectivity index (χ2n) is 4.47. The number of rotatable bonds is 6. The van der Waals surface area contributed by atoms with E-state index in [0.29, 0.717) is 17.7 Å². The number of benzene rings is 1. The second kappa shape index (κ2) is 7.12. The summed E-state index contributed by atoms with van der Waals surface area (Å²) >= 11 is 1.79. The Morgan fingerprint density at radius 3 is 2.55 bits per heavy atom. The molecule has 0 aliphatic heterocycles. The molecule has 0 saturated carbocycles. The lowest BCUT2D eigenvalue weighted by Crippen LogP contribution is -2.19. The van der Waals surface area contributed by atoms with Crippen LogP contribution in [0.15, 0.2) is 36.4 Å². The van der Waals surface area contributed by atoms with Gasteiger partial charge in [-0.3, -0.25) is 0 Å². The molecule has 106 valence electrons. The number of aromatic nitrogens is 2. The van der Waals surface area contributed by atoms with Crippen LogP contribution in [-0.2, 0) is 0 Å². The molecule has 1 aromatic carbocycles. The standard InChI is InChI=1S/C14H19N5S/c1-10(9-20-2)16-12-8-13(19-15)18-14(17-12)11-6-4-3-5-7-11/h3-8,10H,9,15H2,1-2H3,(H2,16,17,18,19). The largest absolute Gasteiger partial charge is 0.367 e. The van der Waals surface area contributed by atoms with Crippen LogP contribution >= 0.6 is 11.8 Å². The van der Waals surface area contributed by atoms with Crippen molar-refractivity contribution in [1.82, 2.24) is 9.97 Å². The first-order valence-electron chi connectivity index (χ1n) is 6.39. The molecule has 0 bridgehead atoms. The fourth-order valence-corrected chi connectivity index (χ4v) is 2.44. The minimum atomic E-state index is 0.328. The number of nitrogens with zero attached hydrogens (tertiary/aromatic N) is 2. The Kier molecular flexibility index (Phi) is 5.20. The molecule has 0 radical (unpaired) electrons. The quantitative estimate of drug-likeness (QED) is 0.560. The van der Waals surface area contributed by atoms with E-state index in [0.717, 1.165) is 17.1 Å². The molecular formula is C14H19N5S. The van der Waals surface area contributed by atoms with Gasteiger partial charge in [-0.05, 0) is 13.2 Å². The smallest absolute Gasteiger partial charge is 0.163 e. The summed E-state index contributed by atoms with van der Waals surface area (Å²) in [6, 6.07) is 12.0. The summed E-state index contributed by atoms with van der Waals surface area (Å²) < 4.78 is 0. The fourth-order valence-electron chi connectivity index (χ4n) is 1.86. The minimum absolute atomic E-state index is 0.328. The maximum absolute atomic E-state index is 5.48. The first kappa shape index (κ1) is 14.6. The van der Waals surface area contributed by atoms with E-state index in [4.69, 9.17) is 5.84 Å². The van der Waals surface area contributed by atoms with Gasteiger partial charge in [0.1, 0.15) is 11.6 Å². The molecule has 0 aliphatic carbocycles. The summed E-state index contributed by atoms with van der Waals surface area (Å²) in [5.74, 6) is 8.51. The van der Waals surface area contributed by atoms with Crippen molar-refractivity contribution in [2.45, 2.75) is 13.0 Å². The topological polar surface area (TPSA) is 75.9 Å². The highest BCUT2D eigenvalue weighted by Gasteiger charge is 2.08. The van der Waals surface area contributed by atoms with Crippen LogP contribution in [0.4, 0.5) is 11.6 Å². The van der Waals surface area contributed by atoms with E-state index in [9.17, 15) is 0 Å². The van der Waals surface area contributed by atoms with Crippen LogP contribution in [0.5, 0.6) is 0 Å². The van der Waals surface area contributed by atoms with Crippen molar-refractivity contribution in [2.75, 3.05) is 22.8 Å². The maximum Gasteiger partial charge on any atom is 0.163 e. The highest BCUT2D eigenvalue weighted by atomic mass is 32.2. The van der Waals surface area contributed by atoms with Gasteiger partial charge in [-0.2, -0.15) is 11.8 Å². The van der Waals surface area contributed by atoms with E-state index in [1.807, 2.05) is 36.4 Å². The van der Waals surface area contributed by atoms with Gasteiger partial charge in [0, 0.05) is 23.4 Å². The third-order valence-corrected chi connectivity index (χ3v) is 3.55. The Labute approximate surface area is 123 Å². The fraction of sp³-hybridized carbons (Fsp3) is 0.286. The van der Waals surface area contributed by atoms with Crippen molar-refractivity contribution in [2.24, 2.45) is 5.84 Å². The molecule has 2 rings (SSSR count). The summed E-state index contributed by atoms with van der Waals surface area (Å²) in [5, 5.41) is 3.36. The summed E-state index contributed by atoms with van der Waals surface area (Å²) in [5.41, 5.74) is 3.55. The SMILES string of the molecule is CSCC(C)Nc1cc(NN)nc(-c2ccccc2)n1. The molecule has 0 fully saturated rings. The molecular weight excluding hydrogens is 270 g/mol. The van der Waals surface area contributed by atoms with Gasteiger partial charge < -0.3 is 10.7 Å². The Morgan fingerprint density at radius 1 is 1.20 bits per heavy atom. The third-order valence-electron chi connectivity index (χ3n) is 2.72. The van der Waals surface area contributed by atoms with Crippen molar-refractivity contribution < 1.29 is 0 Å².